The molecule has 2 N–H and O–H groups in total. The summed E-state index contributed by atoms with van der Waals surface area (Å²) in [5.74, 6) is -0.0359. The number of nitrogens with zero attached hydrogens (tertiary/aromatic N) is 4. The molecule has 0 radical (unpaired) electrons. The Hall–Kier alpha value is -4.42. The smallest absolute Gasteiger partial charge is 0.433 e. The minimum Gasteiger partial charge on any atom is -0.455 e. The van der Waals surface area contributed by atoms with E-state index in [1.165, 1.54) is 18.2 Å². The first-order valence-corrected chi connectivity index (χ1v) is 9.87. The summed E-state index contributed by atoms with van der Waals surface area (Å²) < 4.78 is 84.1. The van der Waals surface area contributed by atoms with Gasteiger partial charge in [-0.15, -0.1) is 0 Å². The van der Waals surface area contributed by atoms with E-state index in [2.05, 4.69) is 30.6 Å². The highest BCUT2D eigenvalue weighted by atomic mass is 19.4. The van der Waals surface area contributed by atoms with Gasteiger partial charge in [-0.1, -0.05) is 6.07 Å². The Balaban J connectivity index is 1.55. The van der Waals surface area contributed by atoms with Gasteiger partial charge in [0.15, 0.2) is 11.4 Å². The molecular formula is C22H12F6N6O. The number of aromatic nitrogens is 4. The summed E-state index contributed by atoms with van der Waals surface area (Å²) in [7, 11) is 0. The Morgan fingerprint density at radius 1 is 0.714 bits per heavy atom. The Labute approximate surface area is 192 Å². The quantitative estimate of drug-likeness (QED) is 0.267. The van der Waals surface area contributed by atoms with E-state index in [-0.39, 0.29) is 28.8 Å². The van der Waals surface area contributed by atoms with Crippen molar-refractivity contribution >= 4 is 34.2 Å². The standard InChI is InChI=1S/C22H12F6N6O/c23-21(24,25)16-3-1-2-13(31-16)20-33-18(30-11-6-7-29-17(8-11)22(26,27)28)10-19(34-20)32-14-9-12-4-5-15(14)35-12/h1-10H,(H2,29,30,32,33,34). The molecule has 0 atom stereocenters. The van der Waals surface area contributed by atoms with Crippen LogP contribution in [0.4, 0.5) is 49.4 Å². The van der Waals surface area contributed by atoms with Gasteiger partial charge in [-0.05, 0) is 36.4 Å². The van der Waals surface area contributed by atoms with Gasteiger partial charge in [0.1, 0.15) is 34.3 Å². The molecule has 178 valence electrons. The average Bonchev–Trinajstić information content (AvgIpc) is 3.41. The molecule has 2 bridgehead atoms. The van der Waals surface area contributed by atoms with Gasteiger partial charge in [-0.25, -0.2) is 15.0 Å². The fourth-order valence-corrected chi connectivity index (χ4v) is 3.24. The highest BCUT2D eigenvalue weighted by Gasteiger charge is 2.33. The number of furan rings is 2. The van der Waals surface area contributed by atoms with Gasteiger partial charge in [0.25, 0.3) is 0 Å². The molecule has 0 aliphatic rings. The van der Waals surface area contributed by atoms with Gasteiger partial charge in [0, 0.05) is 24.0 Å². The van der Waals surface area contributed by atoms with Crippen LogP contribution < -0.4 is 10.6 Å². The van der Waals surface area contributed by atoms with Crippen LogP contribution in [-0.4, -0.2) is 19.9 Å². The molecule has 0 unspecified atom stereocenters. The number of fused-ring (bicyclic) bond motifs is 2. The second-order valence-electron chi connectivity index (χ2n) is 7.31. The number of hydrogen-bond acceptors (Lipinski definition) is 7. The maximum absolute atomic E-state index is 13.2. The zero-order valence-corrected chi connectivity index (χ0v) is 17.2. The van der Waals surface area contributed by atoms with Crippen LogP contribution in [0.5, 0.6) is 0 Å². The van der Waals surface area contributed by atoms with Crippen LogP contribution in [0.1, 0.15) is 11.4 Å². The highest BCUT2D eigenvalue weighted by molar-refractivity contribution is 5.82. The van der Waals surface area contributed by atoms with Crippen LogP contribution in [0, 0.1) is 0 Å². The third-order valence-electron chi connectivity index (χ3n) is 4.76. The predicted molar refractivity (Wildman–Crippen MR) is 113 cm³/mol. The zero-order chi connectivity index (χ0) is 24.8. The van der Waals surface area contributed by atoms with Crippen LogP contribution in [0.3, 0.4) is 0 Å². The van der Waals surface area contributed by atoms with Crippen molar-refractivity contribution in [1.29, 1.82) is 0 Å². The molecule has 0 aromatic carbocycles. The molecule has 0 saturated heterocycles. The number of nitrogens with one attached hydrogen (secondary N) is 2. The Bertz CT molecular complexity index is 1500. The van der Waals surface area contributed by atoms with Crippen molar-refractivity contribution in [2.75, 3.05) is 10.6 Å². The first kappa shape index (κ1) is 22.4. The van der Waals surface area contributed by atoms with Gasteiger partial charge in [-0.3, -0.25) is 4.98 Å². The van der Waals surface area contributed by atoms with Crippen LogP contribution in [0.25, 0.3) is 22.7 Å². The average molecular weight is 490 g/mol. The molecular weight excluding hydrogens is 478 g/mol. The lowest BCUT2D eigenvalue weighted by atomic mass is 10.2. The van der Waals surface area contributed by atoms with Crippen LogP contribution in [0.2, 0.25) is 0 Å². The van der Waals surface area contributed by atoms with Gasteiger partial charge in [-0.2, -0.15) is 26.3 Å². The Morgan fingerprint density at radius 2 is 1.46 bits per heavy atom. The summed E-state index contributed by atoms with van der Waals surface area (Å²) in [6.45, 7) is 0. The van der Waals surface area contributed by atoms with E-state index in [4.69, 9.17) is 4.42 Å². The molecule has 0 aliphatic heterocycles. The highest BCUT2D eigenvalue weighted by Crippen LogP contribution is 2.33. The fraction of sp³-hybridized carbons (Fsp3) is 0.0909. The van der Waals surface area contributed by atoms with Crippen LogP contribution in [0.15, 0.2) is 65.2 Å². The molecule has 0 saturated carbocycles. The summed E-state index contributed by atoms with van der Waals surface area (Å²) in [6, 6.07) is 11.8. The molecule has 35 heavy (non-hydrogen) atoms. The van der Waals surface area contributed by atoms with E-state index in [0.717, 1.165) is 24.4 Å². The van der Waals surface area contributed by atoms with Gasteiger partial charge < -0.3 is 15.1 Å². The lowest BCUT2D eigenvalue weighted by molar-refractivity contribution is -0.141. The van der Waals surface area contributed by atoms with E-state index < -0.39 is 23.7 Å². The lowest BCUT2D eigenvalue weighted by Crippen LogP contribution is -2.09. The largest absolute Gasteiger partial charge is 0.455 e. The predicted octanol–water partition coefficient (Wildman–Crippen LogP) is 6.64. The minimum atomic E-state index is -4.69. The number of rotatable bonds is 5. The first-order chi connectivity index (χ1) is 16.5. The fourth-order valence-electron chi connectivity index (χ4n) is 3.24. The molecule has 5 heterocycles. The Kier molecular flexibility index (Phi) is 5.19. The van der Waals surface area contributed by atoms with Gasteiger partial charge >= 0.3 is 12.4 Å². The van der Waals surface area contributed by atoms with E-state index >= 15 is 0 Å². The van der Waals surface area contributed by atoms with Crippen molar-refractivity contribution in [1.82, 2.24) is 19.9 Å². The van der Waals surface area contributed by atoms with Gasteiger partial charge in [0.05, 0.1) is 5.69 Å². The summed E-state index contributed by atoms with van der Waals surface area (Å²) in [6.07, 6.45) is -8.39. The van der Waals surface area contributed by atoms with Gasteiger partial charge in [0.2, 0.25) is 0 Å². The topological polar surface area (TPSA) is 88.8 Å². The normalized spacial score (nSPS) is 12.3. The van der Waals surface area contributed by atoms with Crippen LogP contribution >= 0.6 is 0 Å². The van der Waals surface area contributed by atoms with Crippen molar-refractivity contribution in [3.05, 3.63) is 72.2 Å². The third kappa shape index (κ3) is 4.78. The molecule has 5 rings (SSSR count). The van der Waals surface area contributed by atoms with Crippen molar-refractivity contribution in [2.45, 2.75) is 12.4 Å². The summed E-state index contributed by atoms with van der Waals surface area (Å²) in [5.41, 5.74) is -0.802. The summed E-state index contributed by atoms with van der Waals surface area (Å²) in [5, 5.41) is 5.70. The minimum absolute atomic E-state index is 0.00825. The number of benzene rings is 1. The number of alkyl halides is 6. The first-order valence-electron chi connectivity index (χ1n) is 9.87. The Morgan fingerprint density at radius 3 is 2.11 bits per heavy atom. The molecule has 0 aliphatic carbocycles. The van der Waals surface area contributed by atoms with E-state index in [9.17, 15) is 26.3 Å². The van der Waals surface area contributed by atoms with Crippen molar-refractivity contribution in [2.24, 2.45) is 0 Å². The van der Waals surface area contributed by atoms with E-state index in [0.29, 0.717) is 16.9 Å². The third-order valence-corrected chi connectivity index (χ3v) is 4.76. The van der Waals surface area contributed by atoms with Crippen molar-refractivity contribution < 1.29 is 30.8 Å². The maximum atomic E-state index is 13.2. The number of anilines is 4. The van der Waals surface area contributed by atoms with E-state index in [1.807, 2.05) is 0 Å². The summed E-state index contributed by atoms with van der Waals surface area (Å²) in [4.78, 5) is 15.3. The SMILES string of the molecule is FC(F)(F)c1cc(Nc2cc(Nc3cc4ccc3o4)nc(-c3cccc(C(F)(F)F)n3)n2)ccn1. The molecule has 13 heteroatoms. The molecule has 7 nitrogen and oxygen atoms in total. The molecule has 0 spiro atoms. The van der Waals surface area contributed by atoms with Crippen LogP contribution in [-0.2, 0) is 12.4 Å². The number of hydrogen-bond donors (Lipinski definition) is 2. The molecule has 0 amide bonds. The number of halogens is 6. The zero-order valence-electron chi connectivity index (χ0n) is 17.2. The monoisotopic (exact) mass is 490 g/mol. The summed E-state index contributed by atoms with van der Waals surface area (Å²) >= 11 is 0. The van der Waals surface area contributed by atoms with Crippen molar-refractivity contribution in [3.8, 4) is 11.5 Å². The molecule has 5 aromatic rings. The maximum Gasteiger partial charge on any atom is 0.433 e. The molecule has 0 fully saturated rings. The number of pyridine rings is 2. The second-order valence-corrected chi connectivity index (χ2v) is 7.31. The van der Waals surface area contributed by atoms with Crippen molar-refractivity contribution in [3.63, 3.8) is 0 Å². The molecule has 5 aromatic heterocycles. The lowest BCUT2D eigenvalue weighted by Gasteiger charge is -2.13. The van der Waals surface area contributed by atoms with E-state index in [1.54, 1.807) is 18.2 Å². The second kappa shape index (κ2) is 8.11.